The smallest absolute Gasteiger partial charge is 0.326 e. The number of amides is 3. The van der Waals surface area contributed by atoms with Gasteiger partial charge < -0.3 is 31.9 Å². The number of carboxylic acids is 1. The minimum absolute atomic E-state index is 0.326. The molecule has 0 aliphatic heterocycles. The summed E-state index contributed by atoms with van der Waals surface area (Å²) in [5, 5.41) is 24.8. The van der Waals surface area contributed by atoms with Gasteiger partial charge in [0.1, 0.15) is 24.2 Å². The van der Waals surface area contributed by atoms with Gasteiger partial charge in [-0.05, 0) is 19.8 Å². The van der Waals surface area contributed by atoms with E-state index in [0.29, 0.717) is 0 Å². The number of carbonyl (C=O) groups is 4. The van der Waals surface area contributed by atoms with E-state index in [1.807, 2.05) is 0 Å². The predicted octanol–water partition coefficient (Wildman–Crippen LogP) is -2.46. The van der Waals surface area contributed by atoms with Crippen LogP contribution >= 0.6 is 0 Å². The maximum absolute atomic E-state index is 12.0. The fraction of sp³-hybridized carbons (Fsp3) is 0.714. The second kappa shape index (κ2) is 9.83. The molecule has 0 aromatic rings. The monoisotopic (exact) mass is 346 g/mol. The summed E-state index contributed by atoms with van der Waals surface area (Å²) in [4.78, 5) is 46.4. The Morgan fingerprint density at radius 2 is 1.29 bits per heavy atom. The average Bonchev–Trinajstić information content (AvgIpc) is 2.50. The maximum Gasteiger partial charge on any atom is 0.326 e. The minimum atomic E-state index is -1.17. The molecule has 10 heteroatoms. The lowest BCUT2D eigenvalue weighted by Gasteiger charge is -2.22. The van der Waals surface area contributed by atoms with Crippen molar-refractivity contribution in [1.82, 2.24) is 16.0 Å². The molecule has 7 N–H and O–H groups in total. The number of nitrogens with one attached hydrogen (secondary N) is 3. The Kier molecular flexibility index (Phi) is 8.93. The number of nitrogens with two attached hydrogens (primary N) is 1. The lowest BCUT2D eigenvalue weighted by Crippen LogP contribution is -2.56. The van der Waals surface area contributed by atoms with Crippen LogP contribution in [0.25, 0.3) is 0 Å². The Morgan fingerprint density at radius 3 is 1.67 bits per heavy atom. The molecule has 10 nitrogen and oxygen atoms in total. The fourth-order valence-electron chi connectivity index (χ4n) is 1.66. The summed E-state index contributed by atoms with van der Waals surface area (Å²) in [6.07, 6.45) is 0. The molecule has 0 aromatic carbocycles. The van der Waals surface area contributed by atoms with Gasteiger partial charge in [0.15, 0.2) is 0 Å². The van der Waals surface area contributed by atoms with Crippen LogP contribution in [0.2, 0.25) is 0 Å². The largest absolute Gasteiger partial charge is 0.480 e. The predicted molar refractivity (Wildman–Crippen MR) is 84.7 cm³/mol. The standard InChI is InChI=1S/C14H26N4O6/c1-6(2)10(14(23)24)18-12(21)8(4)16-11(20)7(3)17-13(22)9(15)5-19/h6-10,19H,5,15H2,1-4H3,(H,16,20)(H,17,22)(H,18,21)(H,23,24). The molecule has 138 valence electrons. The summed E-state index contributed by atoms with van der Waals surface area (Å²) in [6.45, 7) is 5.50. The molecule has 0 saturated carbocycles. The van der Waals surface area contributed by atoms with Gasteiger partial charge in [-0.25, -0.2) is 4.79 Å². The van der Waals surface area contributed by atoms with Crippen molar-refractivity contribution < 1.29 is 29.4 Å². The molecule has 0 aliphatic carbocycles. The number of rotatable bonds is 9. The Hall–Kier alpha value is -2.20. The van der Waals surface area contributed by atoms with Crippen molar-refractivity contribution in [2.75, 3.05) is 6.61 Å². The van der Waals surface area contributed by atoms with E-state index in [2.05, 4.69) is 16.0 Å². The van der Waals surface area contributed by atoms with Crippen molar-refractivity contribution >= 4 is 23.7 Å². The number of carboxylic acid groups (broad SMARTS) is 1. The van der Waals surface area contributed by atoms with Gasteiger partial charge in [-0.2, -0.15) is 0 Å². The molecule has 0 fully saturated rings. The zero-order valence-electron chi connectivity index (χ0n) is 14.2. The average molecular weight is 346 g/mol. The molecular formula is C14H26N4O6. The van der Waals surface area contributed by atoms with E-state index in [1.165, 1.54) is 13.8 Å². The summed E-state index contributed by atoms with van der Waals surface area (Å²) in [5.41, 5.74) is 5.31. The van der Waals surface area contributed by atoms with Crippen LogP contribution in [0.4, 0.5) is 0 Å². The van der Waals surface area contributed by atoms with Gasteiger partial charge in [-0.3, -0.25) is 14.4 Å². The minimum Gasteiger partial charge on any atom is -0.480 e. The molecule has 0 aromatic heterocycles. The molecule has 3 amide bonds. The number of hydrogen-bond donors (Lipinski definition) is 6. The molecule has 4 atom stereocenters. The van der Waals surface area contributed by atoms with E-state index in [0.717, 1.165) is 0 Å². The molecule has 0 saturated heterocycles. The highest BCUT2D eigenvalue weighted by Gasteiger charge is 2.27. The van der Waals surface area contributed by atoms with Crippen LogP contribution in [-0.4, -0.2) is 64.7 Å². The Morgan fingerprint density at radius 1 is 0.875 bits per heavy atom. The van der Waals surface area contributed by atoms with E-state index >= 15 is 0 Å². The second-order valence-electron chi connectivity index (χ2n) is 5.82. The lowest BCUT2D eigenvalue weighted by molar-refractivity contribution is -0.143. The molecule has 24 heavy (non-hydrogen) atoms. The Labute approximate surface area is 140 Å². The van der Waals surface area contributed by atoms with Crippen LogP contribution in [-0.2, 0) is 19.2 Å². The third kappa shape index (κ3) is 6.92. The first kappa shape index (κ1) is 21.8. The van der Waals surface area contributed by atoms with E-state index in [4.69, 9.17) is 15.9 Å². The van der Waals surface area contributed by atoms with E-state index in [-0.39, 0.29) is 5.92 Å². The first-order chi connectivity index (χ1) is 11.0. The summed E-state index contributed by atoms with van der Waals surface area (Å²) in [6, 6.07) is -4.20. The number of aliphatic hydroxyl groups excluding tert-OH is 1. The molecule has 0 aliphatic rings. The maximum atomic E-state index is 12.0. The highest BCUT2D eigenvalue weighted by atomic mass is 16.4. The molecule has 0 spiro atoms. The molecule has 0 heterocycles. The summed E-state index contributed by atoms with van der Waals surface area (Å²) >= 11 is 0. The SMILES string of the molecule is CC(NC(=O)C(N)CO)C(=O)NC(C)C(=O)NC(C(=O)O)C(C)C. The third-order valence-corrected chi connectivity index (χ3v) is 3.27. The van der Waals surface area contributed by atoms with Crippen LogP contribution in [0.3, 0.4) is 0 Å². The van der Waals surface area contributed by atoms with Gasteiger partial charge in [0.25, 0.3) is 0 Å². The van der Waals surface area contributed by atoms with Crippen LogP contribution < -0.4 is 21.7 Å². The summed E-state index contributed by atoms with van der Waals surface area (Å²) in [7, 11) is 0. The lowest BCUT2D eigenvalue weighted by atomic mass is 10.0. The zero-order chi connectivity index (χ0) is 19.0. The number of carbonyl (C=O) groups excluding carboxylic acids is 3. The van der Waals surface area contributed by atoms with E-state index < -0.39 is 54.5 Å². The quantitative estimate of drug-likeness (QED) is 0.269. The van der Waals surface area contributed by atoms with Gasteiger partial charge in [-0.1, -0.05) is 13.8 Å². The number of aliphatic hydroxyl groups is 1. The summed E-state index contributed by atoms with van der Waals surface area (Å²) < 4.78 is 0. The highest BCUT2D eigenvalue weighted by molar-refractivity contribution is 5.93. The fourth-order valence-corrected chi connectivity index (χ4v) is 1.66. The van der Waals surface area contributed by atoms with Gasteiger partial charge in [0, 0.05) is 0 Å². The number of hydrogen-bond acceptors (Lipinski definition) is 6. The molecule has 0 rings (SSSR count). The van der Waals surface area contributed by atoms with Crippen LogP contribution in [0.15, 0.2) is 0 Å². The topological polar surface area (TPSA) is 171 Å². The van der Waals surface area contributed by atoms with Crippen molar-refractivity contribution in [3.63, 3.8) is 0 Å². The zero-order valence-corrected chi connectivity index (χ0v) is 14.2. The van der Waals surface area contributed by atoms with Crippen LogP contribution in [0, 0.1) is 5.92 Å². The van der Waals surface area contributed by atoms with E-state index in [9.17, 15) is 19.2 Å². The Balaban J connectivity index is 4.60. The van der Waals surface area contributed by atoms with Gasteiger partial charge in [-0.15, -0.1) is 0 Å². The molecule has 4 unspecified atom stereocenters. The summed E-state index contributed by atoms with van der Waals surface area (Å²) in [5.74, 6) is -3.51. The van der Waals surface area contributed by atoms with Crippen LogP contribution in [0.1, 0.15) is 27.7 Å². The second-order valence-corrected chi connectivity index (χ2v) is 5.82. The van der Waals surface area contributed by atoms with Gasteiger partial charge in [0.05, 0.1) is 6.61 Å². The van der Waals surface area contributed by atoms with Gasteiger partial charge in [0.2, 0.25) is 17.7 Å². The van der Waals surface area contributed by atoms with Crippen molar-refractivity contribution in [3.8, 4) is 0 Å². The van der Waals surface area contributed by atoms with Crippen molar-refractivity contribution in [2.45, 2.75) is 51.9 Å². The highest BCUT2D eigenvalue weighted by Crippen LogP contribution is 2.02. The van der Waals surface area contributed by atoms with Crippen molar-refractivity contribution in [3.05, 3.63) is 0 Å². The third-order valence-electron chi connectivity index (χ3n) is 3.27. The first-order valence-electron chi connectivity index (χ1n) is 7.51. The Bertz CT molecular complexity index is 482. The normalized spacial score (nSPS) is 15.8. The van der Waals surface area contributed by atoms with Crippen molar-refractivity contribution in [1.29, 1.82) is 0 Å². The number of aliphatic carboxylic acids is 1. The van der Waals surface area contributed by atoms with Gasteiger partial charge >= 0.3 is 5.97 Å². The molecule has 0 bridgehead atoms. The molecular weight excluding hydrogens is 320 g/mol. The van der Waals surface area contributed by atoms with Crippen LogP contribution in [0.5, 0.6) is 0 Å². The first-order valence-corrected chi connectivity index (χ1v) is 7.51. The molecule has 0 radical (unpaired) electrons. The van der Waals surface area contributed by atoms with Crippen molar-refractivity contribution in [2.24, 2.45) is 11.7 Å². The van der Waals surface area contributed by atoms with E-state index in [1.54, 1.807) is 13.8 Å².